The summed E-state index contributed by atoms with van der Waals surface area (Å²) >= 11 is 1.55. The van der Waals surface area contributed by atoms with Gasteiger partial charge in [-0.2, -0.15) is 0 Å². The van der Waals surface area contributed by atoms with Crippen molar-refractivity contribution < 1.29 is 9.13 Å². The van der Waals surface area contributed by atoms with Crippen LogP contribution in [0, 0.1) is 5.82 Å². The minimum atomic E-state index is -0.209. The summed E-state index contributed by atoms with van der Waals surface area (Å²) in [7, 11) is 0. The molecule has 0 spiro atoms. The number of fused-ring (bicyclic) bond motifs is 2. The van der Waals surface area contributed by atoms with Crippen LogP contribution in [0.4, 0.5) is 4.39 Å². The topological polar surface area (TPSA) is 35.2 Å². The maximum atomic E-state index is 13.3. The van der Waals surface area contributed by atoms with Crippen molar-refractivity contribution in [3.05, 3.63) is 69.8 Å². The molecule has 4 heteroatoms. The number of nitrogens with two attached hydrogens (primary N) is 1. The molecule has 2 N–H and O–H groups in total. The van der Waals surface area contributed by atoms with Gasteiger partial charge in [-0.25, -0.2) is 4.39 Å². The van der Waals surface area contributed by atoms with Gasteiger partial charge in [0.15, 0.2) is 0 Å². The molecule has 0 fully saturated rings. The smallest absolute Gasteiger partial charge is 0.124 e. The minimum absolute atomic E-state index is 0.184. The van der Waals surface area contributed by atoms with E-state index >= 15 is 0 Å². The number of halogens is 1. The molecule has 2 nitrogen and oxygen atoms in total. The largest absolute Gasteiger partial charge is 0.372 e. The average Bonchev–Trinajstić information content (AvgIpc) is 3.11. The summed E-state index contributed by atoms with van der Waals surface area (Å²) in [5, 5.41) is 1.04. The molecule has 3 aromatic rings. The molecule has 0 saturated carbocycles. The van der Waals surface area contributed by atoms with Gasteiger partial charge in [-0.3, -0.25) is 0 Å². The van der Waals surface area contributed by atoms with Gasteiger partial charge >= 0.3 is 0 Å². The Kier molecular flexibility index (Phi) is 3.03. The third kappa shape index (κ3) is 2.25. The molecule has 1 aliphatic heterocycles. The summed E-state index contributed by atoms with van der Waals surface area (Å²) in [6.45, 7) is 1.35. The van der Waals surface area contributed by atoms with Crippen LogP contribution < -0.4 is 5.73 Å². The van der Waals surface area contributed by atoms with E-state index in [0.29, 0.717) is 13.2 Å². The normalized spacial score (nSPS) is 15.3. The molecule has 2 heterocycles. The van der Waals surface area contributed by atoms with Crippen molar-refractivity contribution in [1.29, 1.82) is 0 Å². The van der Waals surface area contributed by atoms with Crippen molar-refractivity contribution in [2.45, 2.75) is 19.3 Å². The highest BCUT2D eigenvalue weighted by Gasteiger charge is 2.17. The predicted molar refractivity (Wildman–Crippen MR) is 82.7 cm³/mol. The molecule has 0 saturated heterocycles. The average molecular weight is 299 g/mol. The molecule has 1 aromatic heterocycles. The fourth-order valence-corrected chi connectivity index (χ4v) is 3.85. The molecule has 106 valence electrons. The Bertz CT molecular complexity index is 827. The first-order chi connectivity index (χ1) is 10.2. The molecule has 0 aliphatic carbocycles. The van der Waals surface area contributed by atoms with Crippen LogP contribution in [0.3, 0.4) is 0 Å². The van der Waals surface area contributed by atoms with Gasteiger partial charge in [-0.15, -0.1) is 11.3 Å². The molecule has 4 rings (SSSR count). The Balaban J connectivity index is 1.73. The fraction of sp³-hybridized carbons (Fsp3) is 0.176. The van der Waals surface area contributed by atoms with Crippen molar-refractivity contribution >= 4 is 21.4 Å². The van der Waals surface area contributed by atoms with Crippen molar-refractivity contribution in [3.63, 3.8) is 0 Å². The van der Waals surface area contributed by atoms with Crippen molar-refractivity contribution in [1.82, 2.24) is 0 Å². The lowest BCUT2D eigenvalue weighted by Gasteiger charge is -2.11. The van der Waals surface area contributed by atoms with Gasteiger partial charge in [-0.1, -0.05) is 24.3 Å². The SMILES string of the molecule is NC(c1ccc2c(c1)COC2)c1cc2ccc(F)cc2s1. The number of benzene rings is 2. The van der Waals surface area contributed by atoms with Gasteiger partial charge in [0.05, 0.1) is 19.3 Å². The number of rotatable bonds is 2. The van der Waals surface area contributed by atoms with Crippen LogP contribution in [0.25, 0.3) is 10.1 Å². The van der Waals surface area contributed by atoms with Crippen LogP contribution in [0.5, 0.6) is 0 Å². The van der Waals surface area contributed by atoms with E-state index in [2.05, 4.69) is 18.2 Å². The van der Waals surface area contributed by atoms with E-state index in [9.17, 15) is 4.39 Å². The second kappa shape index (κ2) is 4.91. The lowest BCUT2D eigenvalue weighted by molar-refractivity contribution is 0.134. The van der Waals surface area contributed by atoms with Gasteiger partial charge in [0, 0.05) is 9.58 Å². The third-order valence-electron chi connectivity index (χ3n) is 3.91. The first-order valence-corrected chi connectivity index (χ1v) is 7.66. The molecule has 2 aromatic carbocycles. The molecule has 1 atom stereocenters. The summed E-state index contributed by atoms with van der Waals surface area (Å²) in [6.07, 6.45) is 0. The molecule has 1 unspecified atom stereocenters. The second-order valence-electron chi connectivity index (χ2n) is 5.33. The highest BCUT2D eigenvalue weighted by atomic mass is 32.1. The van der Waals surface area contributed by atoms with Crippen LogP contribution in [-0.4, -0.2) is 0 Å². The molecular weight excluding hydrogens is 285 g/mol. The van der Waals surface area contributed by atoms with Crippen LogP contribution >= 0.6 is 11.3 Å². The summed E-state index contributed by atoms with van der Waals surface area (Å²) in [4.78, 5) is 1.05. The number of hydrogen-bond donors (Lipinski definition) is 1. The van der Waals surface area contributed by atoms with Crippen LogP contribution in [-0.2, 0) is 18.0 Å². The lowest BCUT2D eigenvalue weighted by Crippen LogP contribution is -2.10. The first-order valence-electron chi connectivity index (χ1n) is 6.85. The molecule has 0 bridgehead atoms. The van der Waals surface area contributed by atoms with Gasteiger partial charge in [0.1, 0.15) is 5.82 Å². The third-order valence-corrected chi connectivity index (χ3v) is 5.09. The fourth-order valence-electron chi connectivity index (χ4n) is 2.73. The van der Waals surface area contributed by atoms with Crippen LogP contribution in [0.15, 0.2) is 42.5 Å². The summed E-state index contributed by atoms with van der Waals surface area (Å²) in [6, 6.07) is 13.0. The Morgan fingerprint density at radius 2 is 1.90 bits per heavy atom. The quantitative estimate of drug-likeness (QED) is 0.772. The zero-order valence-corrected chi connectivity index (χ0v) is 12.1. The lowest BCUT2D eigenvalue weighted by atomic mass is 10.0. The number of ether oxygens (including phenoxy) is 1. The van der Waals surface area contributed by atoms with Gasteiger partial charge in [-0.05, 0) is 40.3 Å². The second-order valence-corrected chi connectivity index (χ2v) is 6.44. The monoisotopic (exact) mass is 299 g/mol. The van der Waals surface area contributed by atoms with Crippen LogP contribution in [0.2, 0.25) is 0 Å². The molecule has 0 radical (unpaired) electrons. The standard InChI is InChI=1S/C17H14FNOS/c18-14-4-3-10-6-16(21-15(10)7-14)17(19)11-1-2-12-8-20-9-13(12)5-11/h1-7,17H,8-9,19H2. The van der Waals surface area contributed by atoms with Gasteiger partial charge in [0.2, 0.25) is 0 Å². The van der Waals surface area contributed by atoms with E-state index in [-0.39, 0.29) is 11.9 Å². The zero-order valence-electron chi connectivity index (χ0n) is 11.3. The van der Waals surface area contributed by atoms with Gasteiger partial charge in [0.25, 0.3) is 0 Å². The van der Waals surface area contributed by atoms with Crippen molar-refractivity contribution in [2.24, 2.45) is 5.73 Å². The van der Waals surface area contributed by atoms with Crippen molar-refractivity contribution in [2.75, 3.05) is 0 Å². The molecular formula is C17H14FNOS. The minimum Gasteiger partial charge on any atom is -0.372 e. The molecule has 1 aliphatic rings. The summed E-state index contributed by atoms with van der Waals surface area (Å²) < 4.78 is 19.7. The number of hydrogen-bond acceptors (Lipinski definition) is 3. The van der Waals surface area contributed by atoms with E-state index in [1.165, 1.54) is 17.2 Å². The van der Waals surface area contributed by atoms with E-state index < -0.39 is 0 Å². The predicted octanol–water partition coefficient (Wildman–Crippen LogP) is 4.12. The summed E-state index contributed by atoms with van der Waals surface area (Å²) in [5.41, 5.74) is 9.92. The Morgan fingerprint density at radius 3 is 2.81 bits per heavy atom. The van der Waals surface area contributed by atoms with E-state index in [1.54, 1.807) is 23.5 Å². The van der Waals surface area contributed by atoms with Crippen LogP contribution in [0.1, 0.15) is 27.6 Å². The number of thiophene rings is 1. The summed E-state index contributed by atoms with van der Waals surface area (Å²) in [5.74, 6) is -0.209. The molecule has 21 heavy (non-hydrogen) atoms. The molecule has 0 amide bonds. The Morgan fingerprint density at radius 1 is 1.05 bits per heavy atom. The van der Waals surface area contributed by atoms with E-state index in [0.717, 1.165) is 20.5 Å². The zero-order chi connectivity index (χ0) is 14.4. The Hall–Kier alpha value is -1.75. The van der Waals surface area contributed by atoms with E-state index in [1.807, 2.05) is 6.07 Å². The maximum Gasteiger partial charge on any atom is 0.124 e. The van der Waals surface area contributed by atoms with Crippen molar-refractivity contribution in [3.8, 4) is 0 Å². The highest BCUT2D eigenvalue weighted by molar-refractivity contribution is 7.19. The maximum absolute atomic E-state index is 13.3. The van der Waals surface area contributed by atoms with E-state index in [4.69, 9.17) is 10.5 Å². The highest BCUT2D eigenvalue weighted by Crippen LogP contribution is 2.33. The Labute approximate surface area is 126 Å². The van der Waals surface area contributed by atoms with Gasteiger partial charge < -0.3 is 10.5 Å². The first kappa shape index (κ1) is 13.0.